The predicted octanol–water partition coefficient (Wildman–Crippen LogP) is 4.56. The van der Waals surface area contributed by atoms with E-state index in [0.29, 0.717) is 10.6 Å². The molecule has 1 heterocycles. The summed E-state index contributed by atoms with van der Waals surface area (Å²) in [6.45, 7) is 0. The van der Waals surface area contributed by atoms with Crippen molar-refractivity contribution in [3.05, 3.63) is 82.1 Å². The Morgan fingerprint density at radius 1 is 1.15 bits per heavy atom. The zero-order valence-corrected chi connectivity index (χ0v) is 15.3. The molecule has 0 aliphatic rings. The van der Waals surface area contributed by atoms with Crippen molar-refractivity contribution in [2.45, 2.75) is 0 Å². The average Bonchev–Trinajstić information content (AvgIpc) is 3.10. The lowest BCUT2D eigenvalue weighted by Gasteiger charge is -2.04. The molecular weight excluding hydrogens is 373 g/mol. The summed E-state index contributed by atoms with van der Waals surface area (Å²) in [6.07, 6.45) is 5.36. The van der Waals surface area contributed by atoms with Crippen LogP contribution in [0.1, 0.15) is 15.9 Å². The molecule has 0 fully saturated rings. The molecule has 2 aromatic carbocycles. The minimum Gasteiger partial charge on any atom is -0.497 e. The van der Waals surface area contributed by atoms with Crippen LogP contribution in [0.25, 0.3) is 5.69 Å². The third kappa shape index (κ3) is 4.25. The van der Waals surface area contributed by atoms with Crippen LogP contribution < -0.4 is 10.2 Å². The highest BCUT2D eigenvalue weighted by Gasteiger charge is 2.09. The monoisotopic (exact) mass is 387 g/mol. The van der Waals surface area contributed by atoms with E-state index >= 15 is 0 Å². The van der Waals surface area contributed by atoms with E-state index in [1.165, 1.54) is 6.07 Å². The third-order valence-corrected chi connectivity index (χ3v) is 4.19. The largest absolute Gasteiger partial charge is 0.497 e. The summed E-state index contributed by atoms with van der Waals surface area (Å²) in [5, 5.41) is 4.71. The van der Waals surface area contributed by atoms with E-state index in [1.807, 2.05) is 47.3 Å². The number of carbonyl (C=O) groups excluding carboxylic acids is 1. The molecule has 1 amide bonds. The topological polar surface area (TPSA) is 55.6 Å². The lowest BCUT2D eigenvalue weighted by molar-refractivity contribution is 0.0955. The first-order valence-corrected chi connectivity index (χ1v) is 8.43. The molecule has 26 heavy (non-hydrogen) atoms. The van der Waals surface area contributed by atoms with Crippen LogP contribution in [0.15, 0.2) is 66.0 Å². The molecule has 132 valence electrons. The fourth-order valence-electron chi connectivity index (χ4n) is 2.30. The van der Waals surface area contributed by atoms with Crippen LogP contribution >= 0.6 is 23.2 Å². The fraction of sp³-hybridized carbons (Fsp3) is 0.0526. The molecular formula is C19H15Cl2N3O2. The minimum absolute atomic E-state index is 0.274. The Balaban J connectivity index is 1.65. The highest BCUT2D eigenvalue weighted by Crippen LogP contribution is 2.20. The number of methoxy groups -OCH3 is 1. The van der Waals surface area contributed by atoms with Gasteiger partial charge in [-0.3, -0.25) is 4.79 Å². The average molecular weight is 388 g/mol. The number of halogens is 2. The predicted molar refractivity (Wildman–Crippen MR) is 104 cm³/mol. The number of rotatable bonds is 5. The fourth-order valence-corrected chi connectivity index (χ4v) is 2.80. The van der Waals surface area contributed by atoms with E-state index in [4.69, 9.17) is 27.9 Å². The van der Waals surface area contributed by atoms with E-state index < -0.39 is 5.91 Å². The summed E-state index contributed by atoms with van der Waals surface area (Å²) >= 11 is 11.8. The van der Waals surface area contributed by atoms with Crippen LogP contribution in [0.5, 0.6) is 5.75 Å². The Hall–Kier alpha value is -2.76. The van der Waals surface area contributed by atoms with Crippen LogP contribution in [0.2, 0.25) is 10.0 Å². The summed E-state index contributed by atoms with van der Waals surface area (Å²) < 4.78 is 7.09. The third-order valence-electron chi connectivity index (χ3n) is 3.64. The smallest absolute Gasteiger partial charge is 0.272 e. The van der Waals surface area contributed by atoms with Gasteiger partial charge in [0.15, 0.2) is 0 Å². The Labute approximate surface area is 160 Å². The van der Waals surface area contributed by atoms with Crippen LogP contribution in [0, 0.1) is 0 Å². The van der Waals surface area contributed by atoms with Crippen molar-refractivity contribution in [1.82, 2.24) is 9.99 Å². The van der Waals surface area contributed by atoms with Crippen LogP contribution in [0.3, 0.4) is 0 Å². The van der Waals surface area contributed by atoms with Crippen molar-refractivity contribution in [3.8, 4) is 11.4 Å². The molecule has 1 aromatic heterocycles. The van der Waals surface area contributed by atoms with Gasteiger partial charge in [0.1, 0.15) is 5.75 Å². The summed E-state index contributed by atoms with van der Waals surface area (Å²) in [5.74, 6) is 0.392. The van der Waals surface area contributed by atoms with Gasteiger partial charge in [0.2, 0.25) is 0 Å². The summed E-state index contributed by atoms with van der Waals surface area (Å²) in [6, 6.07) is 14.2. The van der Waals surface area contributed by atoms with Gasteiger partial charge in [-0.05, 0) is 48.5 Å². The normalized spacial score (nSPS) is 10.9. The number of hydrogen-bond donors (Lipinski definition) is 1. The molecule has 0 radical (unpaired) electrons. The van der Waals surface area contributed by atoms with E-state index in [-0.39, 0.29) is 5.02 Å². The zero-order chi connectivity index (χ0) is 18.5. The standard InChI is InChI=1S/C19H15Cl2N3O2/c1-26-16-5-3-15(4-6-16)24-9-8-13(12-24)11-22-23-19(25)17-7-2-14(20)10-18(17)21/h2-12H,1H3,(H,23,25)/b22-11-. The number of ether oxygens (including phenoxy) is 1. The minimum atomic E-state index is -0.405. The molecule has 3 rings (SSSR count). The molecule has 1 N–H and O–H groups in total. The van der Waals surface area contributed by atoms with E-state index in [9.17, 15) is 4.79 Å². The molecule has 3 aromatic rings. The van der Waals surface area contributed by atoms with E-state index in [0.717, 1.165) is 17.0 Å². The van der Waals surface area contributed by atoms with Gasteiger partial charge < -0.3 is 9.30 Å². The number of hydrazone groups is 1. The molecule has 0 saturated carbocycles. The lowest BCUT2D eigenvalue weighted by Crippen LogP contribution is -2.17. The molecule has 5 nitrogen and oxygen atoms in total. The van der Waals surface area contributed by atoms with Crippen molar-refractivity contribution >= 4 is 35.3 Å². The Kier molecular flexibility index (Phi) is 5.61. The van der Waals surface area contributed by atoms with Gasteiger partial charge in [-0.25, -0.2) is 5.43 Å². The first kappa shape index (κ1) is 18.0. The van der Waals surface area contributed by atoms with E-state index in [2.05, 4.69) is 10.5 Å². The van der Waals surface area contributed by atoms with Crippen molar-refractivity contribution in [2.24, 2.45) is 5.10 Å². The molecule has 0 aliphatic heterocycles. The second-order valence-corrected chi connectivity index (χ2v) is 6.22. The van der Waals surface area contributed by atoms with Gasteiger partial charge >= 0.3 is 0 Å². The number of nitrogens with one attached hydrogen (secondary N) is 1. The van der Waals surface area contributed by atoms with Crippen molar-refractivity contribution in [2.75, 3.05) is 7.11 Å². The SMILES string of the molecule is COc1ccc(-n2ccc(/C=N\NC(=O)c3ccc(Cl)cc3Cl)c2)cc1. The van der Waals surface area contributed by atoms with Gasteiger partial charge in [0.05, 0.1) is 23.9 Å². The van der Waals surface area contributed by atoms with Gasteiger partial charge in [0, 0.05) is 28.7 Å². The number of nitrogens with zero attached hydrogens (tertiary/aromatic N) is 2. The molecule has 7 heteroatoms. The number of hydrogen-bond acceptors (Lipinski definition) is 3. The van der Waals surface area contributed by atoms with Crippen molar-refractivity contribution < 1.29 is 9.53 Å². The number of aromatic nitrogens is 1. The maximum absolute atomic E-state index is 12.1. The molecule has 0 unspecified atom stereocenters. The quantitative estimate of drug-likeness (QED) is 0.515. The number of amides is 1. The maximum atomic E-state index is 12.1. The molecule has 0 saturated heterocycles. The Morgan fingerprint density at radius 2 is 1.92 bits per heavy atom. The van der Waals surface area contributed by atoms with Gasteiger partial charge in [0.25, 0.3) is 5.91 Å². The Morgan fingerprint density at radius 3 is 2.62 bits per heavy atom. The van der Waals surface area contributed by atoms with Crippen LogP contribution in [-0.2, 0) is 0 Å². The second kappa shape index (κ2) is 8.08. The van der Waals surface area contributed by atoms with Gasteiger partial charge in [-0.1, -0.05) is 23.2 Å². The van der Waals surface area contributed by atoms with E-state index in [1.54, 1.807) is 25.5 Å². The number of carbonyl (C=O) groups is 1. The first-order chi connectivity index (χ1) is 12.6. The van der Waals surface area contributed by atoms with Gasteiger partial charge in [-0.15, -0.1) is 0 Å². The summed E-state index contributed by atoms with van der Waals surface area (Å²) in [7, 11) is 1.63. The lowest BCUT2D eigenvalue weighted by atomic mass is 10.2. The summed E-state index contributed by atoms with van der Waals surface area (Å²) in [4.78, 5) is 12.1. The van der Waals surface area contributed by atoms with Crippen LogP contribution in [-0.4, -0.2) is 23.8 Å². The molecule has 0 aliphatic carbocycles. The summed E-state index contributed by atoms with van der Waals surface area (Å²) in [5.41, 5.74) is 4.58. The zero-order valence-electron chi connectivity index (χ0n) is 13.8. The molecule has 0 spiro atoms. The Bertz CT molecular complexity index is 950. The second-order valence-electron chi connectivity index (χ2n) is 5.37. The maximum Gasteiger partial charge on any atom is 0.272 e. The van der Waals surface area contributed by atoms with Crippen LogP contribution in [0.4, 0.5) is 0 Å². The molecule has 0 atom stereocenters. The van der Waals surface area contributed by atoms with Gasteiger partial charge in [-0.2, -0.15) is 5.10 Å². The highest BCUT2D eigenvalue weighted by atomic mass is 35.5. The first-order valence-electron chi connectivity index (χ1n) is 7.68. The number of benzene rings is 2. The highest BCUT2D eigenvalue weighted by molar-refractivity contribution is 6.36. The van der Waals surface area contributed by atoms with Crippen molar-refractivity contribution in [3.63, 3.8) is 0 Å². The molecule has 0 bridgehead atoms. The van der Waals surface area contributed by atoms with Crippen molar-refractivity contribution in [1.29, 1.82) is 0 Å².